The van der Waals surface area contributed by atoms with Crippen molar-refractivity contribution in [3.8, 4) is 0 Å². The smallest absolute Gasteiger partial charge is 0.265 e. The van der Waals surface area contributed by atoms with E-state index in [2.05, 4.69) is 52.8 Å². The number of aryl methyl sites for hydroxylation is 1. The maximum atomic E-state index is 11.8. The molecule has 2 heterocycles. The minimum Gasteiger partial charge on any atom is -0.364 e. The first-order chi connectivity index (χ1) is 13.7. The Hall–Kier alpha value is -2.85. The summed E-state index contributed by atoms with van der Waals surface area (Å²) < 4.78 is 0. The number of primary amides is 1. The highest BCUT2D eigenvalue weighted by atomic mass is 16.1. The van der Waals surface area contributed by atoms with E-state index in [0.29, 0.717) is 11.7 Å². The van der Waals surface area contributed by atoms with E-state index in [0.717, 1.165) is 55.1 Å². The average molecular weight is 374 g/mol. The molecule has 1 unspecified atom stereocenters. The van der Waals surface area contributed by atoms with Crippen LogP contribution < -0.4 is 11.1 Å². The Kier molecular flexibility index (Phi) is 5.58. The second kappa shape index (κ2) is 8.44. The van der Waals surface area contributed by atoms with Crippen molar-refractivity contribution < 1.29 is 4.79 Å². The molecule has 0 fully saturated rings. The minimum absolute atomic E-state index is 0.377. The molecule has 0 aliphatic carbocycles. The van der Waals surface area contributed by atoms with Gasteiger partial charge in [-0.3, -0.25) is 4.79 Å². The molecule has 0 spiro atoms. The Morgan fingerprint density at radius 3 is 2.64 bits per heavy atom. The molecule has 0 bridgehead atoms. The Balaban J connectivity index is 1.34. The molecule has 28 heavy (non-hydrogen) atoms. The van der Waals surface area contributed by atoms with Crippen LogP contribution in [0, 0.1) is 0 Å². The average Bonchev–Trinajstić information content (AvgIpc) is 3.11. The van der Waals surface area contributed by atoms with Gasteiger partial charge in [0, 0.05) is 23.5 Å². The molecule has 4 heteroatoms. The first-order valence-electron chi connectivity index (χ1n) is 10.1. The SMILES string of the molecule is NC(=O)c1[nH]c2ccccc2c1CCCCC1CC(c2ccccc2)=CCN1. The number of fused-ring (bicyclic) bond motifs is 1. The van der Waals surface area contributed by atoms with Gasteiger partial charge in [0.15, 0.2) is 0 Å². The van der Waals surface area contributed by atoms with Crippen LogP contribution in [0.4, 0.5) is 0 Å². The van der Waals surface area contributed by atoms with E-state index in [1.807, 2.05) is 18.2 Å². The number of unbranched alkanes of at least 4 members (excludes halogenated alkanes) is 1. The van der Waals surface area contributed by atoms with Gasteiger partial charge in [-0.25, -0.2) is 0 Å². The third kappa shape index (κ3) is 4.02. The van der Waals surface area contributed by atoms with E-state index in [4.69, 9.17) is 5.73 Å². The van der Waals surface area contributed by atoms with Crippen molar-refractivity contribution in [3.05, 3.63) is 77.5 Å². The summed E-state index contributed by atoms with van der Waals surface area (Å²) in [6.45, 7) is 0.934. The first-order valence-corrected chi connectivity index (χ1v) is 10.1. The number of hydrogen-bond acceptors (Lipinski definition) is 2. The van der Waals surface area contributed by atoms with Gasteiger partial charge in [0.1, 0.15) is 5.69 Å². The molecule has 0 radical (unpaired) electrons. The van der Waals surface area contributed by atoms with Gasteiger partial charge in [-0.15, -0.1) is 0 Å². The standard InChI is InChI=1S/C24H27N3O/c25-24(28)23-21(20-11-6-7-13-22(20)27-23)12-5-4-10-19-16-18(14-15-26-19)17-8-2-1-3-9-17/h1-3,6-9,11,13-14,19,26-27H,4-5,10,12,15-16H2,(H2,25,28). The van der Waals surface area contributed by atoms with Crippen LogP contribution in [0.15, 0.2) is 60.7 Å². The van der Waals surface area contributed by atoms with E-state index in [-0.39, 0.29) is 5.91 Å². The van der Waals surface area contributed by atoms with Crippen LogP contribution in [-0.2, 0) is 6.42 Å². The van der Waals surface area contributed by atoms with Gasteiger partial charge in [-0.2, -0.15) is 0 Å². The van der Waals surface area contributed by atoms with E-state index < -0.39 is 0 Å². The number of benzene rings is 2. The molecule has 1 aliphatic rings. The quantitative estimate of drug-likeness (QED) is 0.536. The highest BCUT2D eigenvalue weighted by molar-refractivity contribution is 6.00. The summed E-state index contributed by atoms with van der Waals surface area (Å²) in [5.41, 5.74) is 11.0. The Morgan fingerprint density at radius 2 is 1.82 bits per heavy atom. The van der Waals surface area contributed by atoms with Gasteiger partial charge in [0.05, 0.1) is 0 Å². The molecule has 144 valence electrons. The summed E-state index contributed by atoms with van der Waals surface area (Å²) in [6, 6.07) is 19.2. The van der Waals surface area contributed by atoms with Crippen LogP contribution >= 0.6 is 0 Å². The van der Waals surface area contributed by atoms with Gasteiger partial charge in [-0.1, -0.05) is 61.0 Å². The number of H-pyrrole nitrogens is 1. The summed E-state index contributed by atoms with van der Waals surface area (Å²) >= 11 is 0. The van der Waals surface area contributed by atoms with E-state index in [1.165, 1.54) is 11.1 Å². The summed E-state index contributed by atoms with van der Waals surface area (Å²) in [5, 5.41) is 4.73. The zero-order valence-corrected chi connectivity index (χ0v) is 16.1. The molecule has 4 nitrogen and oxygen atoms in total. The number of aromatic amines is 1. The monoisotopic (exact) mass is 373 g/mol. The molecule has 1 aliphatic heterocycles. The van der Waals surface area contributed by atoms with Crippen molar-refractivity contribution in [3.63, 3.8) is 0 Å². The Labute approximate surface area is 165 Å². The molecule has 2 aromatic carbocycles. The maximum absolute atomic E-state index is 11.8. The number of aromatic nitrogens is 1. The number of para-hydroxylation sites is 1. The van der Waals surface area contributed by atoms with E-state index >= 15 is 0 Å². The third-order valence-corrected chi connectivity index (χ3v) is 5.66. The fourth-order valence-electron chi connectivity index (χ4n) is 4.22. The Bertz CT molecular complexity index is 988. The minimum atomic E-state index is -0.377. The molecule has 3 aromatic rings. The molecular weight excluding hydrogens is 346 g/mol. The van der Waals surface area contributed by atoms with Gasteiger partial charge >= 0.3 is 0 Å². The van der Waals surface area contributed by atoms with Crippen LogP contribution in [-0.4, -0.2) is 23.5 Å². The lowest BCUT2D eigenvalue weighted by atomic mass is 9.92. The summed E-state index contributed by atoms with van der Waals surface area (Å²) in [5.74, 6) is -0.377. The molecule has 1 aromatic heterocycles. The molecule has 4 N–H and O–H groups in total. The van der Waals surface area contributed by atoms with Crippen molar-refractivity contribution >= 4 is 22.4 Å². The molecular formula is C24H27N3O. The van der Waals surface area contributed by atoms with Crippen LogP contribution in [0.2, 0.25) is 0 Å². The van der Waals surface area contributed by atoms with Crippen LogP contribution in [0.25, 0.3) is 16.5 Å². The molecule has 0 saturated heterocycles. The van der Waals surface area contributed by atoms with E-state index in [1.54, 1.807) is 0 Å². The molecule has 1 amide bonds. The number of hydrogen-bond donors (Lipinski definition) is 3. The highest BCUT2D eigenvalue weighted by Crippen LogP contribution is 2.26. The second-order valence-corrected chi connectivity index (χ2v) is 7.54. The largest absolute Gasteiger partial charge is 0.364 e. The van der Waals surface area contributed by atoms with Gasteiger partial charge in [-0.05, 0) is 48.4 Å². The fourth-order valence-corrected chi connectivity index (χ4v) is 4.22. The van der Waals surface area contributed by atoms with Crippen LogP contribution in [0.3, 0.4) is 0 Å². The first kappa shape index (κ1) is 18.5. The predicted molar refractivity (Wildman–Crippen MR) is 115 cm³/mol. The number of nitrogens with two attached hydrogens (primary N) is 1. The number of carbonyl (C=O) groups is 1. The normalized spacial score (nSPS) is 16.9. The van der Waals surface area contributed by atoms with Crippen molar-refractivity contribution in [1.29, 1.82) is 0 Å². The summed E-state index contributed by atoms with van der Waals surface area (Å²) in [6.07, 6.45) is 7.55. The van der Waals surface area contributed by atoms with Gasteiger partial charge < -0.3 is 16.0 Å². The number of rotatable bonds is 7. The summed E-state index contributed by atoms with van der Waals surface area (Å²) in [7, 11) is 0. The predicted octanol–water partition coefficient (Wildman–Crippen LogP) is 4.43. The fraction of sp³-hybridized carbons (Fsp3) is 0.292. The van der Waals surface area contributed by atoms with Crippen molar-refractivity contribution in [1.82, 2.24) is 10.3 Å². The van der Waals surface area contributed by atoms with Crippen LogP contribution in [0.5, 0.6) is 0 Å². The highest BCUT2D eigenvalue weighted by Gasteiger charge is 2.17. The molecule has 0 saturated carbocycles. The Morgan fingerprint density at radius 1 is 1.04 bits per heavy atom. The summed E-state index contributed by atoms with van der Waals surface area (Å²) in [4.78, 5) is 15.0. The van der Waals surface area contributed by atoms with Crippen LogP contribution in [0.1, 0.15) is 47.3 Å². The topological polar surface area (TPSA) is 70.9 Å². The third-order valence-electron chi connectivity index (χ3n) is 5.66. The second-order valence-electron chi connectivity index (χ2n) is 7.54. The lowest BCUT2D eigenvalue weighted by molar-refractivity contribution is 0.0995. The maximum Gasteiger partial charge on any atom is 0.265 e. The zero-order chi connectivity index (χ0) is 19.3. The van der Waals surface area contributed by atoms with Gasteiger partial charge in [0.25, 0.3) is 5.91 Å². The van der Waals surface area contributed by atoms with Gasteiger partial charge in [0.2, 0.25) is 0 Å². The number of nitrogens with one attached hydrogen (secondary N) is 2. The van der Waals surface area contributed by atoms with Crippen molar-refractivity contribution in [2.45, 2.75) is 38.1 Å². The number of amides is 1. The molecule has 1 atom stereocenters. The zero-order valence-electron chi connectivity index (χ0n) is 16.1. The lowest BCUT2D eigenvalue weighted by Gasteiger charge is -2.24. The molecule has 4 rings (SSSR count). The van der Waals surface area contributed by atoms with Crippen molar-refractivity contribution in [2.75, 3.05) is 6.54 Å². The number of carbonyl (C=O) groups excluding carboxylic acids is 1. The van der Waals surface area contributed by atoms with Crippen molar-refractivity contribution in [2.24, 2.45) is 5.73 Å². The lowest BCUT2D eigenvalue weighted by Crippen LogP contribution is -2.32. The van der Waals surface area contributed by atoms with E-state index in [9.17, 15) is 4.79 Å².